The molecule has 2 aliphatic rings. The van der Waals surface area contributed by atoms with Crippen molar-refractivity contribution in [2.24, 2.45) is 0 Å². The van der Waals surface area contributed by atoms with E-state index in [9.17, 15) is 9.59 Å². The lowest BCUT2D eigenvalue weighted by atomic mass is 10.0. The lowest BCUT2D eigenvalue weighted by Gasteiger charge is -2.07. The molecule has 1 amide bonds. The number of fused-ring (bicyclic) bond motifs is 4. The largest absolute Gasteiger partial charge is 0.454 e. The first-order valence-electron chi connectivity index (χ1n) is 8.20. The van der Waals surface area contributed by atoms with Gasteiger partial charge in [0.25, 0.3) is 5.91 Å². The molecule has 1 aliphatic carbocycles. The van der Waals surface area contributed by atoms with Gasteiger partial charge in [0, 0.05) is 28.4 Å². The SMILES string of the molecule is O=C(Nc1ccc2c(c1)OCO2)c1ccc2c(c1)C(=O)c1ccccc1-2. The molecule has 1 N–H and O–H groups in total. The fourth-order valence-corrected chi connectivity index (χ4v) is 3.35. The maximum atomic E-state index is 12.6. The van der Waals surface area contributed by atoms with Crippen molar-refractivity contribution in [3.63, 3.8) is 0 Å². The summed E-state index contributed by atoms with van der Waals surface area (Å²) in [4.78, 5) is 25.2. The van der Waals surface area contributed by atoms with Crippen LogP contribution in [0.2, 0.25) is 0 Å². The number of nitrogens with one attached hydrogen (secondary N) is 1. The second-order valence-corrected chi connectivity index (χ2v) is 6.16. The molecule has 0 saturated heterocycles. The van der Waals surface area contributed by atoms with Crippen molar-refractivity contribution in [2.75, 3.05) is 12.1 Å². The van der Waals surface area contributed by atoms with E-state index < -0.39 is 0 Å². The minimum atomic E-state index is -0.282. The summed E-state index contributed by atoms with van der Waals surface area (Å²) >= 11 is 0. The van der Waals surface area contributed by atoms with E-state index in [1.165, 1.54) is 0 Å². The van der Waals surface area contributed by atoms with Crippen molar-refractivity contribution in [2.45, 2.75) is 0 Å². The van der Waals surface area contributed by atoms with Crippen molar-refractivity contribution in [3.05, 3.63) is 77.4 Å². The van der Waals surface area contributed by atoms with Gasteiger partial charge in [-0.25, -0.2) is 0 Å². The maximum absolute atomic E-state index is 12.6. The van der Waals surface area contributed by atoms with Crippen LogP contribution in [0.4, 0.5) is 5.69 Å². The van der Waals surface area contributed by atoms with Gasteiger partial charge in [0.15, 0.2) is 17.3 Å². The van der Waals surface area contributed by atoms with E-state index in [2.05, 4.69) is 5.32 Å². The van der Waals surface area contributed by atoms with E-state index in [0.29, 0.717) is 33.9 Å². The zero-order valence-corrected chi connectivity index (χ0v) is 13.6. The maximum Gasteiger partial charge on any atom is 0.255 e. The summed E-state index contributed by atoms with van der Waals surface area (Å²) in [5.74, 6) is 0.926. The Balaban J connectivity index is 1.45. The first kappa shape index (κ1) is 14.7. The number of hydrogen-bond acceptors (Lipinski definition) is 4. The van der Waals surface area contributed by atoms with Gasteiger partial charge >= 0.3 is 0 Å². The molecule has 5 heteroatoms. The van der Waals surface area contributed by atoms with Gasteiger partial charge in [0.2, 0.25) is 6.79 Å². The lowest BCUT2D eigenvalue weighted by molar-refractivity contribution is 0.102. The summed E-state index contributed by atoms with van der Waals surface area (Å²) in [5, 5.41) is 2.83. The Labute approximate surface area is 149 Å². The number of ketones is 1. The van der Waals surface area contributed by atoms with E-state index in [-0.39, 0.29) is 18.5 Å². The second kappa shape index (κ2) is 5.46. The predicted molar refractivity (Wildman–Crippen MR) is 95.8 cm³/mol. The highest BCUT2D eigenvalue weighted by atomic mass is 16.7. The van der Waals surface area contributed by atoms with Gasteiger partial charge in [-0.2, -0.15) is 0 Å². The third-order valence-corrected chi connectivity index (χ3v) is 4.62. The number of amides is 1. The Morgan fingerprint density at radius 3 is 2.46 bits per heavy atom. The van der Waals surface area contributed by atoms with E-state index in [4.69, 9.17) is 9.47 Å². The minimum Gasteiger partial charge on any atom is -0.454 e. The molecular weight excluding hydrogens is 330 g/mol. The second-order valence-electron chi connectivity index (χ2n) is 6.16. The molecule has 3 aromatic rings. The summed E-state index contributed by atoms with van der Waals surface area (Å²) in [5.41, 5.74) is 4.05. The number of rotatable bonds is 2. The van der Waals surface area contributed by atoms with Crippen molar-refractivity contribution < 1.29 is 19.1 Å². The Bertz CT molecular complexity index is 1090. The molecule has 3 aromatic carbocycles. The van der Waals surface area contributed by atoms with Crippen LogP contribution in [0.25, 0.3) is 11.1 Å². The van der Waals surface area contributed by atoms with Gasteiger partial charge < -0.3 is 14.8 Å². The van der Waals surface area contributed by atoms with Crippen molar-refractivity contribution in [1.82, 2.24) is 0 Å². The van der Waals surface area contributed by atoms with Gasteiger partial charge in [-0.05, 0) is 35.4 Å². The number of anilines is 1. The molecule has 0 fully saturated rings. The summed E-state index contributed by atoms with van der Waals surface area (Å²) in [6.07, 6.45) is 0. The van der Waals surface area contributed by atoms with Crippen LogP contribution in [0.3, 0.4) is 0 Å². The highest BCUT2D eigenvalue weighted by molar-refractivity contribution is 6.22. The smallest absolute Gasteiger partial charge is 0.255 e. The highest BCUT2D eigenvalue weighted by Crippen LogP contribution is 2.37. The molecule has 0 aromatic heterocycles. The van der Waals surface area contributed by atoms with Crippen LogP contribution in [-0.2, 0) is 0 Å². The molecule has 0 unspecified atom stereocenters. The van der Waals surface area contributed by atoms with E-state index in [0.717, 1.165) is 11.1 Å². The first-order valence-corrected chi connectivity index (χ1v) is 8.20. The van der Waals surface area contributed by atoms with Crippen molar-refractivity contribution in [1.29, 1.82) is 0 Å². The van der Waals surface area contributed by atoms with E-state index >= 15 is 0 Å². The number of hydrogen-bond donors (Lipinski definition) is 1. The van der Waals surface area contributed by atoms with Crippen molar-refractivity contribution >= 4 is 17.4 Å². The predicted octanol–water partition coefficient (Wildman–Crippen LogP) is 3.88. The average molecular weight is 343 g/mol. The first-order chi connectivity index (χ1) is 12.7. The quantitative estimate of drug-likeness (QED) is 0.600. The molecule has 0 bridgehead atoms. The number of ether oxygens (including phenoxy) is 2. The molecule has 1 heterocycles. The Hall–Kier alpha value is -3.60. The van der Waals surface area contributed by atoms with Gasteiger partial charge in [-0.1, -0.05) is 30.3 Å². The van der Waals surface area contributed by atoms with Crippen LogP contribution in [-0.4, -0.2) is 18.5 Å². The van der Waals surface area contributed by atoms with Crippen molar-refractivity contribution in [3.8, 4) is 22.6 Å². The standard InChI is InChI=1S/C21H13NO4/c23-20-16-4-2-1-3-14(16)15-7-5-12(9-17(15)20)21(24)22-13-6-8-18-19(10-13)26-11-25-18/h1-10H,11H2,(H,22,24). The van der Waals surface area contributed by atoms with Crippen LogP contribution >= 0.6 is 0 Å². The summed E-state index contributed by atoms with van der Waals surface area (Å²) in [6, 6.07) is 17.9. The van der Waals surface area contributed by atoms with Crippen LogP contribution in [0, 0.1) is 0 Å². The molecule has 0 radical (unpaired) electrons. The molecule has 126 valence electrons. The number of carbonyl (C=O) groups excluding carboxylic acids is 2. The third-order valence-electron chi connectivity index (χ3n) is 4.62. The van der Waals surface area contributed by atoms with Gasteiger partial charge in [0.1, 0.15) is 0 Å². The van der Waals surface area contributed by atoms with Crippen LogP contribution in [0.15, 0.2) is 60.7 Å². The van der Waals surface area contributed by atoms with Gasteiger partial charge in [-0.3, -0.25) is 9.59 Å². The molecule has 1 aliphatic heterocycles. The molecule has 26 heavy (non-hydrogen) atoms. The molecule has 5 rings (SSSR count). The highest BCUT2D eigenvalue weighted by Gasteiger charge is 2.27. The van der Waals surface area contributed by atoms with Crippen LogP contribution < -0.4 is 14.8 Å². The molecular formula is C21H13NO4. The van der Waals surface area contributed by atoms with E-state index in [1.54, 1.807) is 30.3 Å². The van der Waals surface area contributed by atoms with Gasteiger partial charge in [0.05, 0.1) is 0 Å². The normalized spacial score (nSPS) is 13.3. The minimum absolute atomic E-state index is 0.0478. The third kappa shape index (κ3) is 2.18. The fraction of sp³-hybridized carbons (Fsp3) is 0.0476. The average Bonchev–Trinajstić information content (AvgIpc) is 3.25. The van der Waals surface area contributed by atoms with Gasteiger partial charge in [-0.15, -0.1) is 0 Å². The van der Waals surface area contributed by atoms with Crippen LogP contribution in [0.5, 0.6) is 11.5 Å². The Morgan fingerprint density at radius 1 is 0.808 bits per heavy atom. The topological polar surface area (TPSA) is 64.6 Å². The Morgan fingerprint density at radius 2 is 1.58 bits per heavy atom. The lowest BCUT2D eigenvalue weighted by Crippen LogP contribution is -2.12. The number of benzene rings is 3. The van der Waals surface area contributed by atoms with E-state index in [1.807, 2.05) is 30.3 Å². The monoisotopic (exact) mass is 343 g/mol. The zero-order valence-electron chi connectivity index (χ0n) is 13.6. The van der Waals surface area contributed by atoms with Crippen LogP contribution in [0.1, 0.15) is 26.3 Å². The molecule has 5 nitrogen and oxygen atoms in total. The summed E-state index contributed by atoms with van der Waals surface area (Å²) < 4.78 is 10.6. The number of carbonyl (C=O) groups is 2. The molecule has 0 spiro atoms. The fourth-order valence-electron chi connectivity index (χ4n) is 3.35. The molecule has 0 saturated carbocycles. The zero-order chi connectivity index (χ0) is 17.7. The summed E-state index contributed by atoms with van der Waals surface area (Å²) in [7, 11) is 0. The Kier molecular flexibility index (Phi) is 3.09. The molecule has 0 atom stereocenters. The summed E-state index contributed by atoms with van der Waals surface area (Å²) in [6.45, 7) is 0.181.